The van der Waals surface area contributed by atoms with Crippen molar-refractivity contribution >= 4 is 28.2 Å². The summed E-state index contributed by atoms with van der Waals surface area (Å²) in [6.07, 6.45) is 0.942. The second-order valence-electron chi connectivity index (χ2n) is 6.18. The lowest BCUT2D eigenvalue weighted by Gasteiger charge is -2.13. The Hall–Kier alpha value is -2.88. The summed E-state index contributed by atoms with van der Waals surface area (Å²) in [5, 5.41) is 4.43. The zero-order chi connectivity index (χ0) is 18.0. The van der Waals surface area contributed by atoms with Gasteiger partial charge in [-0.3, -0.25) is 0 Å². The number of esters is 1. The Bertz CT molecular complexity index is 948. The van der Waals surface area contributed by atoms with Gasteiger partial charge in [0, 0.05) is 11.1 Å². The van der Waals surface area contributed by atoms with Gasteiger partial charge in [-0.25, -0.2) is 9.78 Å². The fourth-order valence-electron chi connectivity index (χ4n) is 2.78. The van der Waals surface area contributed by atoms with Crippen molar-refractivity contribution in [1.29, 1.82) is 0 Å². The number of carbonyl (C=O) groups excluding carboxylic acids is 1. The summed E-state index contributed by atoms with van der Waals surface area (Å²) in [6, 6.07) is 14.1. The van der Waals surface area contributed by atoms with Crippen molar-refractivity contribution in [3.8, 4) is 0 Å². The molecule has 0 spiro atoms. The van der Waals surface area contributed by atoms with Crippen LogP contribution in [0.5, 0.6) is 0 Å². The van der Waals surface area contributed by atoms with Crippen molar-refractivity contribution in [2.75, 3.05) is 12.4 Å². The topological polar surface area (TPSA) is 51.2 Å². The van der Waals surface area contributed by atoms with E-state index in [-0.39, 0.29) is 0 Å². The fourth-order valence-corrected chi connectivity index (χ4v) is 2.78. The predicted octanol–water partition coefficient (Wildman–Crippen LogP) is 4.94. The number of nitrogens with zero attached hydrogens (tertiary/aromatic N) is 1. The van der Waals surface area contributed by atoms with Gasteiger partial charge >= 0.3 is 5.97 Å². The summed E-state index contributed by atoms with van der Waals surface area (Å²) in [7, 11) is 1.37. The van der Waals surface area contributed by atoms with E-state index in [9.17, 15) is 4.79 Å². The van der Waals surface area contributed by atoms with Gasteiger partial charge in [-0.15, -0.1) is 0 Å². The molecular formula is C21H22N2O2. The average Bonchev–Trinajstić information content (AvgIpc) is 2.63. The van der Waals surface area contributed by atoms with Gasteiger partial charge < -0.3 is 10.1 Å². The van der Waals surface area contributed by atoms with Gasteiger partial charge in [0.05, 0.1) is 18.3 Å². The van der Waals surface area contributed by atoms with Crippen LogP contribution >= 0.6 is 0 Å². The number of rotatable bonds is 4. The Labute approximate surface area is 147 Å². The highest BCUT2D eigenvalue weighted by Crippen LogP contribution is 2.28. The first kappa shape index (κ1) is 17.0. The van der Waals surface area contributed by atoms with E-state index in [0.29, 0.717) is 5.69 Å². The minimum Gasteiger partial charge on any atom is -0.464 e. The number of hydrogen-bond acceptors (Lipinski definition) is 4. The van der Waals surface area contributed by atoms with Crippen LogP contribution in [0.15, 0.2) is 42.5 Å². The highest BCUT2D eigenvalue weighted by atomic mass is 16.5. The molecule has 0 radical (unpaired) electrons. The molecule has 4 nitrogen and oxygen atoms in total. The van der Waals surface area contributed by atoms with E-state index in [4.69, 9.17) is 4.74 Å². The van der Waals surface area contributed by atoms with Crippen LogP contribution < -0.4 is 5.32 Å². The normalized spacial score (nSPS) is 10.7. The van der Waals surface area contributed by atoms with Gasteiger partial charge in [0.25, 0.3) is 0 Å². The third-order valence-electron chi connectivity index (χ3n) is 4.46. The number of fused-ring (bicyclic) bond motifs is 1. The molecular weight excluding hydrogens is 312 g/mol. The Kier molecular flexibility index (Phi) is 4.70. The van der Waals surface area contributed by atoms with Crippen LogP contribution in [-0.4, -0.2) is 18.1 Å². The van der Waals surface area contributed by atoms with Crippen molar-refractivity contribution in [2.24, 2.45) is 0 Å². The van der Waals surface area contributed by atoms with Crippen molar-refractivity contribution in [3.05, 3.63) is 64.8 Å². The highest BCUT2D eigenvalue weighted by molar-refractivity contribution is 5.99. The van der Waals surface area contributed by atoms with E-state index < -0.39 is 5.97 Å². The van der Waals surface area contributed by atoms with Crippen LogP contribution in [0.2, 0.25) is 0 Å². The number of aryl methyl sites for hydroxylation is 3. The Morgan fingerprint density at radius 3 is 2.56 bits per heavy atom. The number of nitrogens with one attached hydrogen (secondary N) is 1. The van der Waals surface area contributed by atoms with E-state index in [1.165, 1.54) is 23.8 Å². The molecule has 0 unspecified atom stereocenters. The van der Waals surface area contributed by atoms with E-state index in [2.05, 4.69) is 49.3 Å². The van der Waals surface area contributed by atoms with Gasteiger partial charge in [-0.05, 0) is 67.3 Å². The Morgan fingerprint density at radius 1 is 1.08 bits per heavy atom. The SMILES string of the molecule is CCc1ccc2nc(C(=O)OC)cc(Nc3ccc(C)c(C)c3)c2c1. The maximum Gasteiger partial charge on any atom is 0.356 e. The fraction of sp³-hybridized carbons (Fsp3) is 0.238. The van der Waals surface area contributed by atoms with Crippen LogP contribution in [0.3, 0.4) is 0 Å². The molecule has 0 fully saturated rings. The summed E-state index contributed by atoms with van der Waals surface area (Å²) in [6.45, 7) is 6.29. The lowest BCUT2D eigenvalue weighted by atomic mass is 10.1. The Morgan fingerprint density at radius 2 is 1.88 bits per heavy atom. The Balaban J connectivity index is 2.14. The molecule has 1 aromatic heterocycles. The summed E-state index contributed by atoms with van der Waals surface area (Å²) in [5.74, 6) is -0.440. The molecule has 1 N–H and O–H groups in total. The van der Waals surface area contributed by atoms with Crippen molar-refractivity contribution in [2.45, 2.75) is 27.2 Å². The zero-order valence-corrected chi connectivity index (χ0v) is 15.0. The van der Waals surface area contributed by atoms with Crippen LogP contribution in [-0.2, 0) is 11.2 Å². The molecule has 4 heteroatoms. The van der Waals surface area contributed by atoms with E-state index in [0.717, 1.165) is 28.7 Å². The lowest BCUT2D eigenvalue weighted by Crippen LogP contribution is -2.06. The average molecular weight is 334 g/mol. The number of aromatic nitrogens is 1. The van der Waals surface area contributed by atoms with Crippen LogP contribution in [0.4, 0.5) is 11.4 Å². The molecule has 2 aromatic carbocycles. The third-order valence-corrected chi connectivity index (χ3v) is 4.46. The smallest absolute Gasteiger partial charge is 0.356 e. The van der Waals surface area contributed by atoms with Gasteiger partial charge in [0.1, 0.15) is 0 Å². The number of pyridine rings is 1. The highest BCUT2D eigenvalue weighted by Gasteiger charge is 2.13. The second-order valence-corrected chi connectivity index (χ2v) is 6.18. The number of benzene rings is 2. The number of anilines is 2. The minimum absolute atomic E-state index is 0.297. The first-order valence-electron chi connectivity index (χ1n) is 8.38. The lowest BCUT2D eigenvalue weighted by molar-refractivity contribution is 0.0594. The molecule has 25 heavy (non-hydrogen) atoms. The van der Waals surface area contributed by atoms with Crippen molar-refractivity contribution < 1.29 is 9.53 Å². The van der Waals surface area contributed by atoms with Crippen LogP contribution in [0, 0.1) is 13.8 Å². The summed E-state index contributed by atoms with van der Waals surface area (Å²) >= 11 is 0. The predicted molar refractivity (Wildman–Crippen MR) is 102 cm³/mol. The van der Waals surface area contributed by atoms with E-state index >= 15 is 0 Å². The van der Waals surface area contributed by atoms with Gasteiger partial charge in [0.2, 0.25) is 0 Å². The molecule has 0 saturated heterocycles. The molecule has 0 amide bonds. The molecule has 128 valence electrons. The number of hydrogen-bond donors (Lipinski definition) is 1. The maximum absolute atomic E-state index is 12.0. The number of carbonyl (C=O) groups is 1. The molecule has 0 bridgehead atoms. The van der Waals surface area contributed by atoms with E-state index in [1.54, 1.807) is 6.07 Å². The second kappa shape index (κ2) is 6.93. The molecule has 0 aliphatic heterocycles. The van der Waals surface area contributed by atoms with Crippen LogP contribution in [0.25, 0.3) is 10.9 Å². The summed E-state index contributed by atoms with van der Waals surface area (Å²) < 4.78 is 4.84. The van der Waals surface area contributed by atoms with Gasteiger partial charge in [-0.1, -0.05) is 19.1 Å². The molecule has 0 saturated carbocycles. The van der Waals surface area contributed by atoms with Crippen LogP contribution in [0.1, 0.15) is 34.1 Å². The number of methoxy groups -OCH3 is 1. The quantitative estimate of drug-likeness (QED) is 0.686. The van der Waals surface area contributed by atoms with Gasteiger partial charge in [-0.2, -0.15) is 0 Å². The monoisotopic (exact) mass is 334 g/mol. The molecule has 1 heterocycles. The van der Waals surface area contributed by atoms with Crippen molar-refractivity contribution in [1.82, 2.24) is 4.98 Å². The maximum atomic E-state index is 12.0. The summed E-state index contributed by atoms with van der Waals surface area (Å²) in [5.41, 5.74) is 6.58. The van der Waals surface area contributed by atoms with Gasteiger partial charge in [0.15, 0.2) is 5.69 Å². The first-order chi connectivity index (χ1) is 12.0. The minimum atomic E-state index is -0.440. The first-order valence-corrected chi connectivity index (χ1v) is 8.38. The standard InChI is InChI=1S/C21H22N2O2/c1-5-15-7-9-18-17(11-15)19(12-20(23-18)21(24)25-4)22-16-8-6-13(2)14(3)10-16/h6-12H,5H2,1-4H3,(H,22,23). The molecule has 0 atom stereocenters. The zero-order valence-electron chi connectivity index (χ0n) is 15.0. The van der Waals surface area contributed by atoms with E-state index in [1.807, 2.05) is 18.2 Å². The van der Waals surface area contributed by atoms with Crippen molar-refractivity contribution in [3.63, 3.8) is 0 Å². The molecule has 3 rings (SSSR count). The molecule has 3 aromatic rings. The summed E-state index contributed by atoms with van der Waals surface area (Å²) in [4.78, 5) is 16.4. The molecule has 0 aliphatic carbocycles. The largest absolute Gasteiger partial charge is 0.464 e. The number of ether oxygens (including phenoxy) is 1. The third kappa shape index (κ3) is 3.48. The molecule has 0 aliphatic rings.